The molecule has 0 fully saturated rings. The summed E-state index contributed by atoms with van der Waals surface area (Å²) in [6.45, 7) is 0.433. The van der Waals surface area contributed by atoms with Gasteiger partial charge in [-0.25, -0.2) is 4.39 Å². The van der Waals surface area contributed by atoms with Gasteiger partial charge in [0.25, 0.3) is 5.91 Å². The molecule has 1 amide bonds. The van der Waals surface area contributed by atoms with Crippen LogP contribution in [0.2, 0.25) is 0 Å². The Bertz CT molecular complexity index is 969. The molecule has 0 unspecified atom stereocenters. The van der Waals surface area contributed by atoms with Crippen LogP contribution in [0, 0.1) is 5.82 Å². The number of amides is 1. The fourth-order valence-electron chi connectivity index (χ4n) is 3.42. The van der Waals surface area contributed by atoms with Crippen molar-refractivity contribution in [2.45, 2.75) is 18.9 Å². The third-order valence-corrected chi connectivity index (χ3v) is 4.68. The quantitative estimate of drug-likeness (QED) is 0.767. The number of aryl methyl sites for hydroxylation is 1. The highest BCUT2D eigenvalue weighted by Crippen LogP contribution is 2.34. The highest BCUT2D eigenvalue weighted by molar-refractivity contribution is 6.00. The van der Waals surface area contributed by atoms with E-state index in [1.54, 1.807) is 30.1 Å². The van der Waals surface area contributed by atoms with Crippen LogP contribution >= 0.6 is 0 Å². The van der Waals surface area contributed by atoms with Crippen LogP contribution in [-0.2, 0) is 7.05 Å². The zero-order valence-electron chi connectivity index (χ0n) is 15.0. The summed E-state index contributed by atoms with van der Waals surface area (Å²) in [6.07, 6.45) is 3.12. The number of ether oxygens (including phenoxy) is 1. The van der Waals surface area contributed by atoms with Crippen LogP contribution in [0.4, 0.5) is 4.39 Å². The first kappa shape index (κ1) is 17.3. The monoisotopic (exact) mass is 365 g/mol. The van der Waals surface area contributed by atoms with Gasteiger partial charge in [-0.15, -0.1) is 0 Å². The molecule has 1 aliphatic rings. The van der Waals surface area contributed by atoms with Gasteiger partial charge >= 0.3 is 0 Å². The average molecular weight is 365 g/mol. The fourth-order valence-corrected chi connectivity index (χ4v) is 3.42. The van der Waals surface area contributed by atoms with Gasteiger partial charge in [0.15, 0.2) is 11.6 Å². The number of hydrogen-bond donors (Lipinski definition) is 1. The molecule has 0 saturated carbocycles. The first-order valence-corrected chi connectivity index (χ1v) is 8.94. The van der Waals surface area contributed by atoms with E-state index in [4.69, 9.17) is 4.74 Å². The number of nitrogens with zero attached hydrogens (tertiary/aromatic N) is 2. The Hall–Kier alpha value is -3.15. The normalized spacial score (nSPS) is 16.1. The number of hydrogen-bond acceptors (Lipinski definition) is 3. The predicted octanol–water partition coefficient (Wildman–Crippen LogP) is 3.87. The fraction of sp³-hybridized carbons (Fsp3) is 0.238. The van der Waals surface area contributed by atoms with Gasteiger partial charge in [-0.2, -0.15) is 5.10 Å². The van der Waals surface area contributed by atoms with Crippen molar-refractivity contribution in [1.82, 2.24) is 15.1 Å². The lowest BCUT2D eigenvalue weighted by molar-refractivity contribution is 0.0935. The molecule has 0 spiro atoms. The van der Waals surface area contributed by atoms with Crippen molar-refractivity contribution < 1.29 is 13.9 Å². The Balaban J connectivity index is 1.65. The lowest BCUT2D eigenvalue weighted by atomic mass is 10.0. The summed E-state index contributed by atoms with van der Waals surface area (Å²) in [6, 6.07) is 14.1. The summed E-state index contributed by atoms with van der Waals surface area (Å²) in [5.41, 5.74) is 2.66. The minimum Gasteiger partial charge on any atom is -0.490 e. The Morgan fingerprint density at radius 1 is 1.22 bits per heavy atom. The molecule has 1 N–H and O–H groups in total. The minimum atomic E-state index is -0.403. The van der Waals surface area contributed by atoms with Gasteiger partial charge in [-0.1, -0.05) is 42.5 Å². The van der Waals surface area contributed by atoms with E-state index in [1.165, 1.54) is 6.07 Å². The van der Waals surface area contributed by atoms with Gasteiger partial charge < -0.3 is 10.1 Å². The van der Waals surface area contributed by atoms with Gasteiger partial charge in [0.1, 0.15) is 5.69 Å². The number of para-hydroxylation sites is 1. The van der Waals surface area contributed by atoms with Crippen molar-refractivity contribution >= 4 is 5.91 Å². The number of carbonyl (C=O) groups excluding carboxylic acids is 1. The molecular formula is C21H20FN3O2. The lowest BCUT2D eigenvalue weighted by Gasteiger charge is -2.18. The first-order valence-electron chi connectivity index (χ1n) is 8.94. The third kappa shape index (κ3) is 3.43. The molecular weight excluding hydrogens is 345 g/mol. The first-order chi connectivity index (χ1) is 13.1. The molecule has 3 aromatic rings. The summed E-state index contributed by atoms with van der Waals surface area (Å²) >= 11 is 0. The maximum Gasteiger partial charge on any atom is 0.255 e. The van der Waals surface area contributed by atoms with Crippen molar-refractivity contribution in [2.24, 2.45) is 7.05 Å². The Labute approximate surface area is 156 Å². The zero-order valence-corrected chi connectivity index (χ0v) is 15.0. The molecule has 1 aliphatic heterocycles. The second-order valence-electron chi connectivity index (χ2n) is 6.61. The van der Waals surface area contributed by atoms with Gasteiger partial charge in [0, 0.05) is 24.4 Å². The van der Waals surface area contributed by atoms with Gasteiger partial charge in [0.2, 0.25) is 0 Å². The molecule has 6 heteroatoms. The molecule has 2 heterocycles. The van der Waals surface area contributed by atoms with Crippen LogP contribution in [0.5, 0.6) is 5.75 Å². The molecule has 0 radical (unpaired) electrons. The van der Waals surface area contributed by atoms with E-state index in [9.17, 15) is 9.18 Å². The molecule has 138 valence electrons. The minimum absolute atomic E-state index is 0.231. The van der Waals surface area contributed by atoms with Crippen molar-refractivity contribution in [2.75, 3.05) is 6.61 Å². The number of fused-ring (bicyclic) bond motifs is 1. The van der Waals surface area contributed by atoms with Crippen LogP contribution in [0.25, 0.3) is 11.3 Å². The van der Waals surface area contributed by atoms with E-state index in [-0.39, 0.29) is 17.7 Å². The molecule has 1 atom stereocenters. The lowest BCUT2D eigenvalue weighted by Crippen LogP contribution is -2.28. The molecule has 0 aliphatic carbocycles. The van der Waals surface area contributed by atoms with E-state index in [2.05, 4.69) is 10.4 Å². The molecule has 1 aromatic heterocycles. The molecule has 2 aromatic carbocycles. The highest BCUT2D eigenvalue weighted by atomic mass is 19.1. The zero-order chi connectivity index (χ0) is 18.8. The van der Waals surface area contributed by atoms with Crippen molar-refractivity contribution in [3.63, 3.8) is 0 Å². The number of benzene rings is 2. The van der Waals surface area contributed by atoms with Gasteiger partial charge in [0.05, 0.1) is 18.2 Å². The number of carbonyl (C=O) groups is 1. The van der Waals surface area contributed by atoms with E-state index in [1.807, 2.05) is 30.3 Å². The summed E-state index contributed by atoms with van der Waals surface area (Å²) in [5.74, 6) is -0.404. The van der Waals surface area contributed by atoms with E-state index >= 15 is 0 Å². The van der Waals surface area contributed by atoms with Crippen LogP contribution in [0.3, 0.4) is 0 Å². The second-order valence-corrected chi connectivity index (χ2v) is 6.61. The summed E-state index contributed by atoms with van der Waals surface area (Å²) in [4.78, 5) is 13.0. The molecule has 27 heavy (non-hydrogen) atoms. The van der Waals surface area contributed by atoms with Crippen LogP contribution in [0.1, 0.15) is 34.8 Å². The van der Waals surface area contributed by atoms with Crippen LogP contribution < -0.4 is 10.1 Å². The summed E-state index contributed by atoms with van der Waals surface area (Å²) < 4.78 is 21.3. The summed E-state index contributed by atoms with van der Waals surface area (Å²) in [7, 11) is 1.79. The van der Waals surface area contributed by atoms with E-state index < -0.39 is 5.82 Å². The Morgan fingerprint density at radius 3 is 2.85 bits per heavy atom. The molecule has 0 saturated heterocycles. The van der Waals surface area contributed by atoms with Gasteiger partial charge in [-0.3, -0.25) is 9.48 Å². The highest BCUT2D eigenvalue weighted by Gasteiger charge is 2.26. The topological polar surface area (TPSA) is 56.2 Å². The number of nitrogens with one attached hydrogen (secondary N) is 1. The smallest absolute Gasteiger partial charge is 0.255 e. The van der Waals surface area contributed by atoms with Crippen LogP contribution in [0.15, 0.2) is 54.7 Å². The van der Waals surface area contributed by atoms with Gasteiger partial charge in [-0.05, 0) is 18.9 Å². The number of rotatable bonds is 3. The number of halogens is 1. The van der Waals surface area contributed by atoms with Crippen LogP contribution in [-0.4, -0.2) is 22.3 Å². The Morgan fingerprint density at radius 2 is 2.04 bits per heavy atom. The van der Waals surface area contributed by atoms with Crippen molar-refractivity contribution in [3.8, 4) is 17.0 Å². The standard InChI is InChI=1S/C21H20FN3O2/c1-25-13-16(19(24-25)14-7-3-2-4-8-14)21(26)23-18-11-6-12-27-20-15(18)9-5-10-17(20)22/h2-5,7-10,13,18H,6,11-12H2,1H3,(H,23,26)/t18-/m1/s1. The maximum atomic E-state index is 14.1. The SMILES string of the molecule is Cn1cc(C(=O)N[C@@H]2CCCOc3c(F)cccc32)c(-c2ccccc2)n1. The maximum absolute atomic E-state index is 14.1. The number of aromatic nitrogens is 2. The van der Waals surface area contributed by atoms with Crippen molar-refractivity contribution in [3.05, 3.63) is 71.7 Å². The Kier molecular flexibility index (Phi) is 4.62. The van der Waals surface area contributed by atoms with Crippen molar-refractivity contribution in [1.29, 1.82) is 0 Å². The second kappa shape index (κ2) is 7.23. The molecule has 5 nitrogen and oxygen atoms in total. The average Bonchev–Trinajstić information content (AvgIpc) is 2.95. The largest absolute Gasteiger partial charge is 0.490 e. The molecule has 0 bridgehead atoms. The van der Waals surface area contributed by atoms with E-state index in [0.717, 1.165) is 12.0 Å². The third-order valence-electron chi connectivity index (χ3n) is 4.68. The molecule has 4 rings (SSSR count). The predicted molar refractivity (Wildman–Crippen MR) is 100.0 cm³/mol. The van der Waals surface area contributed by atoms with E-state index in [0.29, 0.717) is 29.8 Å². The summed E-state index contributed by atoms with van der Waals surface area (Å²) in [5, 5.41) is 7.49.